The lowest BCUT2D eigenvalue weighted by Crippen LogP contribution is -2.29. The smallest absolute Gasteiger partial charge is 0.339 e. The van der Waals surface area contributed by atoms with Gasteiger partial charge in [0.2, 0.25) is 5.75 Å². The number of hydrogen-bond acceptors (Lipinski definition) is 6. The van der Waals surface area contributed by atoms with Crippen molar-refractivity contribution >= 4 is 39.3 Å². The minimum absolute atomic E-state index is 0.0303. The van der Waals surface area contributed by atoms with Crippen molar-refractivity contribution < 1.29 is 17.3 Å². The van der Waals surface area contributed by atoms with E-state index in [0.29, 0.717) is 17.4 Å². The maximum Gasteiger partial charge on any atom is 0.339 e. The third-order valence-electron chi connectivity index (χ3n) is 7.89. The molecule has 0 saturated heterocycles. The molecular weight excluding hydrogens is 568 g/mol. The number of benzene rings is 4. The van der Waals surface area contributed by atoms with Gasteiger partial charge >= 0.3 is 10.1 Å². The fourth-order valence-electron chi connectivity index (χ4n) is 5.72. The Bertz CT molecular complexity index is 1800. The van der Waals surface area contributed by atoms with E-state index in [-0.39, 0.29) is 27.5 Å². The number of hydrogen-bond donors (Lipinski definition) is 1. The van der Waals surface area contributed by atoms with E-state index in [1.165, 1.54) is 41.6 Å². The molecule has 0 unspecified atom stereocenters. The zero-order valence-corrected chi connectivity index (χ0v) is 25.1. The molecule has 42 heavy (non-hydrogen) atoms. The van der Waals surface area contributed by atoms with Crippen LogP contribution in [0.5, 0.6) is 11.5 Å². The molecule has 1 aliphatic heterocycles. The van der Waals surface area contributed by atoms with E-state index >= 15 is 0 Å². The Morgan fingerprint density at radius 3 is 2.43 bits per heavy atom. The third kappa shape index (κ3) is 5.54. The van der Waals surface area contributed by atoms with Crippen molar-refractivity contribution in [1.29, 1.82) is 0 Å². The summed E-state index contributed by atoms with van der Waals surface area (Å²) in [7, 11) is -2.67. The molecule has 0 amide bonds. The highest BCUT2D eigenvalue weighted by atomic mass is 35.5. The molecule has 6 nitrogen and oxygen atoms in total. The molecule has 4 aromatic rings. The summed E-state index contributed by atoms with van der Waals surface area (Å²) < 4.78 is 36.5. The predicted octanol–water partition coefficient (Wildman–Crippen LogP) is 8.31. The van der Waals surface area contributed by atoms with Crippen molar-refractivity contribution in [2.24, 2.45) is 10.9 Å². The molecule has 4 aromatic carbocycles. The second-order valence-electron chi connectivity index (χ2n) is 10.8. The number of ether oxygens (including phenoxy) is 1. The summed E-state index contributed by atoms with van der Waals surface area (Å²) in [4.78, 5) is 4.65. The topological polar surface area (TPSA) is 77.0 Å². The van der Waals surface area contributed by atoms with Gasteiger partial charge in [0.25, 0.3) is 0 Å². The van der Waals surface area contributed by atoms with Crippen molar-refractivity contribution in [3.05, 3.63) is 124 Å². The van der Waals surface area contributed by atoms with Crippen LogP contribution < -0.4 is 14.2 Å². The van der Waals surface area contributed by atoms with Gasteiger partial charge in [0.15, 0.2) is 5.75 Å². The van der Waals surface area contributed by atoms with E-state index < -0.39 is 10.1 Å². The molecular formula is C34H31ClN2O4S. The molecule has 3 atom stereocenters. The number of rotatable bonds is 7. The standard InChI is InChI=1S/C34H31ClN2O4S/c1-21-7-14-26(15-8-21)42(38,39)41-34-30(35)18-23(19-32(34)40-3)20-36-25-12-10-24(11-13-25)33-28-6-4-5-27(28)29-17-22(2)9-16-31(29)37-33/h4-5,7-20,27-28,33,37H,6H2,1-3H3/t27-,28+,33+/m1/s1. The first-order chi connectivity index (χ1) is 20.2. The molecule has 0 aromatic heterocycles. The van der Waals surface area contributed by atoms with Crippen LogP contribution in [0.2, 0.25) is 5.02 Å². The minimum atomic E-state index is -4.10. The van der Waals surface area contributed by atoms with Crippen molar-refractivity contribution in [3.8, 4) is 11.5 Å². The second kappa shape index (κ2) is 11.3. The predicted molar refractivity (Wildman–Crippen MR) is 168 cm³/mol. The van der Waals surface area contributed by atoms with Crippen LogP contribution in [0, 0.1) is 19.8 Å². The molecule has 6 rings (SSSR count). The maximum absolute atomic E-state index is 12.8. The van der Waals surface area contributed by atoms with Crippen LogP contribution in [0.3, 0.4) is 0 Å². The van der Waals surface area contributed by atoms with Crippen molar-refractivity contribution in [1.82, 2.24) is 0 Å². The fourth-order valence-corrected chi connectivity index (χ4v) is 6.98. The summed E-state index contributed by atoms with van der Waals surface area (Å²) in [6, 6.07) is 24.7. The lowest BCUT2D eigenvalue weighted by molar-refractivity contribution is 0.390. The van der Waals surface area contributed by atoms with Gasteiger partial charge in [-0.25, -0.2) is 0 Å². The van der Waals surface area contributed by atoms with Gasteiger partial charge in [0.1, 0.15) is 4.90 Å². The first-order valence-corrected chi connectivity index (χ1v) is 15.6. The van der Waals surface area contributed by atoms with Gasteiger partial charge in [-0.1, -0.05) is 71.3 Å². The fraction of sp³-hybridized carbons (Fsp3) is 0.206. The van der Waals surface area contributed by atoms with E-state index in [2.05, 4.69) is 59.7 Å². The summed E-state index contributed by atoms with van der Waals surface area (Å²) in [6.07, 6.45) is 7.36. The van der Waals surface area contributed by atoms with Crippen molar-refractivity contribution in [3.63, 3.8) is 0 Å². The highest BCUT2D eigenvalue weighted by Crippen LogP contribution is 2.50. The largest absolute Gasteiger partial charge is 0.493 e. The SMILES string of the molecule is COc1cc(C=Nc2ccc([C@@H]3Nc4ccc(C)cc4[C@@H]4C=CC[C@@H]43)cc2)cc(Cl)c1OS(=O)(=O)c1ccc(C)cc1. The number of aryl methyl sites for hydroxylation is 2. The molecule has 0 fully saturated rings. The molecule has 0 radical (unpaired) electrons. The number of halogens is 1. The zero-order chi connectivity index (χ0) is 29.4. The zero-order valence-electron chi connectivity index (χ0n) is 23.5. The first kappa shape index (κ1) is 28.1. The molecule has 1 N–H and O–H groups in total. The molecule has 0 bridgehead atoms. The van der Waals surface area contributed by atoms with Crippen LogP contribution in [0.25, 0.3) is 0 Å². The van der Waals surface area contributed by atoms with Crippen LogP contribution in [0.4, 0.5) is 11.4 Å². The highest BCUT2D eigenvalue weighted by Gasteiger charge is 2.37. The number of methoxy groups -OCH3 is 1. The Morgan fingerprint density at radius 2 is 1.69 bits per heavy atom. The van der Waals surface area contributed by atoms with E-state index in [1.54, 1.807) is 30.5 Å². The summed E-state index contributed by atoms with van der Waals surface area (Å²) in [6.45, 7) is 4.02. The number of aliphatic imine (C=N–C) groups is 1. The van der Waals surface area contributed by atoms with Gasteiger partial charge in [0.05, 0.1) is 23.9 Å². The van der Waals surface area contributed by atoms with Crippen LogP contribution >= 0.6 is 11.6 Å². The molecule has 1 aliphatic carbocycles. The lowest BCUT2D eigenvalue weighted by atomic mass is 9.76. The Balaban J connectivity index is 1.20. The molecule has 0 saturated carbocycles. The van der Waals surface area contributed by atoms with Gasteiger partial charge < -0.3 is 14.2 Å². The Kier molecular flexibility index (Phi) is 7.56. The Hall–Kier alpha value is -4.07. The minimum Gasteiger partial charge on any atom is -0.493 e. The van der Waals surface area contributed by atoms with E-state index in [0.717, 1.165) is 17.7 Å². The number of nitrogens with zero attached hydrogens (tertiary/aromatic N) is 1. The van der Waals surface area contributed by atoms with Crippen LogP contribution in [0.15, 0.2) is 101 Å². The number of fused-ring (bicyclic) bond motifs is 3. The van der Waals surface area contributed by atoms with E-state index in [4.69, 9.17) is 20.5 Å². The van der Waals surface area contributed by atoms with Crippen LogP contribution in [0.1, 0.15) is 46.2 Å². The Morgan fingerprint density at radius 1 is 0.952 bits per heavy atom. The van der Waals surface area contributed by atoms with Crippen LogP contribution in [-0.4, -0.2) is 21.7 Å². The molecule has 2 aliphatic rings. The van der Waals surface area contributed by atoms with Gasteiger partial charge in [-0.2, -0.15) is 8.42 Å². The second-order valence-corrected chi connectivity index (χ2v) is 12.8. The number of anilines is 1. The van der Waals surface area contributed by atoms with Crippen molar-refractivity contribution in [2.75, 3.05) is 12.4 Å². The highest BCUT2D eigenvalue weighted by molar-refractivity contribution is 7.87. The normalized spacial score (nSPS) is 19.3. The van der Waals surface area contributed by atoms with Crippen LogP contribution in [-0.2, 0) is 10.1 Å². The number of allylic oxidation sites excluding steroid dienone is 2. The van der Waals surface area contributed by atoms with E-state index in [1.807, 2.05) is 19.1 Å². The third-order valence-corrected chi connectivity index (χ3v) is 9.40. The molecule has 0 spiro atoms. The van der Waals surface area contributed by atoms with Gasteiger partial charge in [-0.15, -0.1) is 0 Å². The van der Waals surface area contributed by atoms with Gasteiger partial charge in [-0.05, 0) is 85.3 Å². The van der Waals surface area contributed by atoms with E-state index in [9.17, 15) is 8.42 Å². The molecule has 8 heteroatoms. The molecule has 214 valence electrons. The first-order valence-electron chi connectivity index (χ1n) is 13.8. The summed E-state index contributed by atoms with van der Waals surface area (Å²) in [5.41, 5.74) is 7.44. The average molecular weight is 599 g/mol. The van der Waals surface area contributed by atoms with Gasteiger partial charge in [-0.3, -0.25) is 4.99 Å². The lowest BCUT2D eigenvalue weighted by Gasteiger charge is -2.37. The summed E-state index contributed by atoms with van der Waals surface area (Å²) >= 11 is 6.47. The van der Waals surface area contributed by atoms with Crippen molar-refractivity contribution in [2.45, 2.75) is 37.1 Å². The monoisotopic (exact) mass is 598 g/mol. The quantitative estimate of drug-likeness (QED) is 0.131. The van der Waals surface area contributed by atoms with Gasteiger partial charge in [0, 0.05) is 17.8 Å². The summed E-state index contributed by atoms with van der Waals surface area (Å²) in [5, 5.41) is 3.88. The summed E-state index contributed by atoms with van der Waals surface area (Å²) in [5.74, 6) is 1.01. The average Bonchev–Trinajstić information content (AvgIpc) is 3.48. The molecule has 1 heterocycles. The number of nitrogens with one attached hydrogen (secondary N) is 1. The maximum atomic E-state index is 12.8. The Labute approximate surface area is 251 Å².